The Balaban J connectivity index is 1.61. The molecule has 0 unspecified atom stereocenters. The van der Waals surface area contributed by atoms with E-state index in [2.05, 4.69) is 10.3 Å². The molecule has 1 aromatic heterocycles. The summed E-state index contributed by atoms with van der Waals surface area (Å²) in [5.74, 6) is -0.931. The van der Waals surface area contributed by atoms with Gasteiger partial charge in [-0.2, -0.15) is 0 Å². The minimum Gasteiger partial charge on any atom is -0.348 e. The second kappa shape index (κ2) is 8.60. The lowest BCUT2D eigenvalue weighted by atomic mass is 10.1. The van der Waals surface area contributed by atoms with Crippen molar-refractivity contribution in [2.24, 2.45) is 0 Å². The maximum absolute atomic E-state index is 12.9. The summed E-state index contributed by atoms with van der Waals surface area (Å²) in [6.07, 6.45) is 2.82. The highest BCUT2D eigenvalue weighted by molar-refractivity contribution is 5.99. The number of carbonyl (C=O) groups excluding carboxylic acids is 3. The van der Waals surface area contributed by atoms with E-state index in [0.717, 1.165) is 5.56 Å². The maximum Gasteiger partial charge on any atom is 0.255 e. The lowest BCUT2D eigenvalue weighted by Gasteiger charge is -2.34. The molecule has 0 spiro atoms. The van der Waals surface area contributed by atoms with Gasteiger partial charge in [0, 0.05) is 52.0 Å². The van der Waals surface area contributed by atoms with Crippen molar-refractivity contribution < 1.29 is 18.8 Å². The van der Waals surface area contributed by atoms with Crippen molar-refractivity contribution in [2.45, 2.75) is 13.5 Å². The molecule has 7 nitrogen and oxygen atoms in total. The van der Waals surface area contributed by atoms with Gasteiger partial charge in [-0.1, -0.05) is 12.1 Å². The third kappa shape index (κ3) is 4.70. The van der Waals surface area contributed by atoms with E-state index in [1.54, 1.807) is 21.9 Å². The molecule has 3 amide bonds. The molecule has 3 rings (SSSR count). The summed E-state index contributed by atoms with van der Waals surface area (Å²) in [6.45, 7) is 3.62. The van der Waals surface area contributed by atoms with Crippen LogP contribution in [0.3, 0.4) is 0 Å². The van der Waals surface area contributed by atoms with Crippen LogP contribution in [0.5, 0.6) is 0 Å². The highest BCUT2D eigenvalue weighted by Crippen LogP contribution is 2.11. The first-order valence-corrected chi connectivity index (χ1v) is 8.96. The number of aromatic nitrogens is 1. The standard InChI is InChI=1S/C20H21FN4O3/c1-14(26)24-6-8-25(9-7-24)20(28)17-10-16(12-22-13-17)19(27)23-11-15-2-4-18(21)5-3-15/h2-5,10,12-13H,6-9,11H2,1H3,(H,23,27). The van der Waals surface area contributed by atoms with Gasteiger partial charge < -0.3 is 15.1 Å². The Hall–Kier alpha value is -3.29. The number of hydrogen-bond donors (Lipinski definition) is 1. The first-order chi connectivity index (χ1) is 13.4. The summed E-state index contributed by atoms with van der Waals surface area (Å²) in [5.41, 5.74) is 1.36. The predicted octanol–water partition coefficient (Wildman–Crippen LogP) is 1.45. The van der Waals surface area contributed by atoms with Crippen LogP contribution >= 0.6 is 0 Å². The maximum atomic E-state index is 12.9. The second-order valence-corrected chi connectivity index (χ2v) is 6.57. The first kappa shape index (κ1) is 19.5. The van der Waals surface area contributed by atoms with Crippen molar-refractivity contribution in [3.63, 3.8) is 0 Å². The summed E-state index contributed by atoms with van der Waals surface area (Å²) in [7, 11) is 0. The molecule has 1 aliphatic rings. The van der Waals surface area contributed by atoms with Gasteiger partial charge in [0.25, 0.3) is 11.8 Å². The van der Waals surface area contributed by atoms with E-state index in [4.69, 9.17) is 0 Å². The van der Waals surface area contributed by atoms with E-state index in [0.29, 0.717) is 31.7 Å². The predicted molar refractivity (Wildman–Crippen MR) is 100.0 cm³/mol. The zero-order valence-corrected chi connectivity index (χ0v) is 15.5. The number of nitrogens with one attached hydrogen (secondary N) is 1. The molecule has 0 radical (unpaired) electrons. The summed E-state index contributed by atoms with van der Waals surface area (Å²) >= 11 is 0. The number of nitrogens with zero attached hydrogens (tertiary/aromatic N) is 3. The van der Waals surface area contributed by atoms with E-state index in [9.17, 15) is 18.8 Å². The van der Waals surface area contributed by atoms with Gasteiger partial charge >= 0.3 is 0 Å². The topological polar surface area (TPSA) is 82.6 Å². The van der Waals surface area contributed by atoms with Crippen LogP contribution in [0, 0.1) is 5.82 Å². The van der Waals surface area contributed by atoms with Gasteiger partial charge in [0.15, 0.2) is 0 Å². The van der Waals surface area contributed by atoms with Gasteiger partial charge in [0.05, 0.1) is 11.1 Å². The van der Waals surface area contributed by atoms with Crippen molar-refractivity contribution in [1.82, 2.24) is 20.1 Å². The molecule has 8 heteroatoms. The number of carbonyl (C=O) groups is 3. The second-order valence-electron chi connectivity index (χ2n) is 6.57. The highest BCUT2D eigenvalue weighted by Gasteiger charge is 2.24. The Morgan fingerprint density at radius 1 is 1.00 bits per heavy atom. The van der Waals surface area contributed by atoms with Crippen LogP contribution in [-0.2, 0) is 11.3 Å². The minimum atomic E-state index is -0.368. The van der Waals surface area contributed by atoms with E-state index in [1.165, 1.54) is 37.5 Å². The fourth-order valence-electron chi connectivity index (χ4n) is 2.97. The Labute approximate surface area is 162 Å². The van der Waals surface area contributed by atoms with Crippen molar-refractivity contribution in [2.75, 3.05) is 26.2 Å². The zero-order valence-electron chi connectivity index (χ0n) is 15.5. The van der Waals surface area contributed by atoms with Crippen LogP contribution < -0.4 is 5.32 Å². The average molecular weight is 384 g/mol. The number of amides is 3. The molecule has 0 saturated carbocycles. The van der Waals surface area contributed by atoms with Gasteiger partial charge in [-0.3, -0.25) is 19.4 Å². The summed E-state index contributed by atoms with van der Waals surface area (Å²) in [5, 5.41) is 2.73. The molecule has 1 fully saturated rings. The molecule has 0 aliphatic carbocycles. The van der Waals surface area contributed by atoms with Gasteiger partial charge in [-0.25, -0.2) is 4.39 Å². The van der Waals surface area contributed by atoms with Crippen molar-refractivity contribution >= 4 is 17.7 Å². The van der Waals surface area contributed by atoms with E-state index in [1.807, 2.05) is 0 Å². The third-order valence-corrected chi connectivity index (χ3v) is 4.63. The summed E-state index contributed by atoms with van der Waals surface area (Å²) in [6, 6.07) is 7.35. The molecular weight excluding hydrogens is 363 g/mol. The van der Waals surface area contributed by atoms with E-state index >= 15 is 0 Å². The van der Waals surface area contributed by atoms with Gasteiger partial charge in [0.2, 0.25) is 5.91 Å². The van der Waals surface area contributed by atoms with Gasteiger partial charge in [-0.05, 0) is 23.8 Å². The van der Waals surface area contributed by atoms with Gasteiger partial charge in [0.1, 0.15) is 5.82 Å². The fraction of sp³-hybridized carbons (Fsp3) is 0.300. The van der Waals surface area contributed by atoms with Crippen LogP contribution in [0.25, 0.3) is 0 Å². The molecular formula is C20H21FN4O3. The molecule has 0 bridgehead atoms. The van der Waals surface area contributed by atoms with Gasteiger partial charge in [-0.15, -0.1) is 0 Å². The minimum absolute atomic E-state index is 0.00594. The highest BCUT2D eigenvalue weighted by atomic mass is 19.1. The van der Waals surface area contributed by atoms with Crippen LogP contribution in [0.2, 0.25) is 0 Å². The van der Waals surface area contributed by atoms with Crippen LogP contribution in [-0.4, -0.2) is 58.7 Å². The Kier molecular flexibility index (Phi) is 5.98. The molecule has 146 valence electrons. The number of benzene rings is 1. The van der Waals surface area contributed by atoms with Crippen LogP contribution in [0.1, 0.15) is 33.2 Å². The molecule has 1 aromatic carbocycles. The number of pyridine rings is 1. The van der Waals surface area contributed by atoms with Crippen molar-refractivity contribution in [1.29, 1.82) is 0 Å². The molecule has 0 atom stereocenters. The lowest BCUT2D eigenvalue weighted by molar-refractivity contribution is -0.130. The SMILES string of the molecule is CC(=O)N1CCN(C(=O)c2cncc(C(=O)NCc3ccc(F)cc3)c2)CC1. The lowest BCUT2D eigenvalue weighted by Crippen LogP contribution is -2.50. The van der Waals surface area contributed by atoms with Crippen molar-refractivity contribution in [3.8, 4) is 0 Å². The van der Waals surface area contributed by atoms with E-state index < -0.39 is 0 Å². The first-order valence-electron chi connectivity index (χ1n) is 8.96. The summed E-state index contributed by atoms with van der Waals surface area (Å²) in [4.78, 5) is 43.8. The molecule has 2 aromatic rings. The number of hydrogen-bond acceptors (Lipinski definition) is 4. The number of piperazine rings is 1. The quantitative estimate of drug-likeness (QED) is 0.865. The normalized spacial score (nSPS) is 13.9. The van der Waals surface area contributed by atoms with Crippen LogP contribution in [0.4, 0.5) is 4.39 Å². The molecule has 1 aliphatic heterocycles. The molecule has 28 heavy (non-hydrogen) atoms. The molecule has 1 N–H and O–H groups in total. The average Bonchev–Trinajstić information content (AvgIpc) is 2.72. The Bertz CT molecular complexity index is 877. The van der Waals surface area contributed by atoms with Crippen molar-refractivity contribution in [3.05, 3.63) is 65.2 Å². The monoisotopic (exact) mass is 384 g/mol. The fourth-order valence-corrected chi connectivity index (χ4v) is 2.97. The summed E-state index contributed by atoms with van der Waals surface area (Å²) < 4.78 is 12.9. The smallest absolute Gasteiger partial charge is 0.255 e. The molecule has 2 heterocycles. The largest absolute Gasteiger partial charge is 0.348 e. The number of halogens is 1. The number of rotatable bonds is 4. The Morgan fingerprint density at radius 2 is 1.61 bits per heavy atom. The van der Waals surface area contributed by atoms with E-state index in [-0.39, 0.29) is 35.6 Å². The molecule has 1 saturated heterocycles. The Morgan fingerprint density at radius 3 is 2.25 bits per heavy atom. The third-order valence-electron chi connectivity index (χ3n) is 4.63. The zero-order chi connectivity index (χ0) is 20.1. The van der Waals surface area contributed by atoms with Crippen LogP contribution in [0.15, 0.2) is 42.7 Å².